The zero-order chi connectivity index (χ0) is 13.1. The van der Waals surface area contributed by atoms with E-state index in [1.807, 2.05) is 18.3 Å². The highest BCUT2D eigenvalue weighted by molar-refractivity contribution is 5.56. The van der Waals surface area contributed by atoms with Crippen molar-refractivity contribution in [1.29, 1.82) is 0 Å². The van der Waals surface area contributed by atoms with Gasteiger partial charge in [-0.3, -0.25) is 9.88 Å². The molecule has 0 bridgehead atoms. The monoisotopic (exact) mass is 253 g/mol. The molecule has 0 amide bonds. The van der Waals surface area contributed by atoms with E-state index >= 15 is 0 Å². The van der Waals surface area contributed by atoms with Crippen molar-refractivity contribution in [3.63, 3.8) is 0 Å². The molecule has 0 fully saturated rings. The van der Waals surface area contributed by atoms with Crippen LogP contribution in [0, 0.1) is 0 Å². The van der Waals surface area contributed by atoms with Gasteiger partial charge in [-0.2, -0.15) is 0 Å². The molecule has 0 radical (unpaired) electrons. The molecule has 1 aliphatic heterocycles. The number of pyridine rings is 1. The van der Waals surface area contributed by atoms with Gasteiger partial charge in [0.2, 0.25) is 0 Å². The Labute approximate surface area is 114 Å². The summed E-state index contributed by atoms with van der Waals surface area (Å²) >= 11 is 0. The van der Waals surface area contributed by atoms with Crippen LogP contribution in [0.15, 0.2) is 48.7 Å². The highest BCUT2D eigenvalue weighted by Crippen LogP contribution is 2.25. The van der Waals surface area contributed by atoms with E-state index in [2.05, 4.69) is 52.6 Å². The van der Waals surface area contributed by atoms with Gasteiger partial charge in [0.25, 0.3) is 0 Å². The Morgan fingerprint density at radius 2 is 2.05 bits per heavy atom. The fourth-order valence-electron chi connectivity index (χ4n) is 2.69. The van der Waals surface area contributed by atoms with E-state index in [-0.39, 0.29) is 0 Å². The van der Waals surface area contributed by atoms with Gasteiger partial charge in [-0.15, -0.1) is 0 Å². The van der Waals surface area contributed by atoms with Crippen LogP contribution in [-0.4, -0.2) is 29.5 Å². The van der Waals surface area contributed by atoms with E-state index < -0.39 is 0 Å². The number of hydrogen-bond donors (Lipinski definition) is 1. The third-order valence-corrected chi connectivity index (χ3v) is 3.53. The Morgan fingerprint density at radius 3 is 2.84 bits per heavy atom. The first kappa shape index (κ1) is 12.2. The van der Waals surface area contributed by atoms with Crippen molar-refractivity contribution >= 4 is 5.69 Å². The van der Waals surface area contributed by atoms with Crippen LogP contribution in [0.1, 0.15) is 11.3 Å². The summed E-state index contributed by atoms with van der Waals surface area (Å²) in [5.41, 5.74) is 3.85. The highest BCUT2D eigenvalue weighted by atomic mass is 15.1. The summed E-state index contributed by atoms with van der Waals surface area (Å²) in [6.45, 7) is 1.93. The number of benzene rings is 1. The summed E-state index contributed by atoms with van der Waals surface area (Å²) in [6, 6.07) is 15.2. The summed E-state index contributed by atoms with van der Waals surface area (Å²) in [5, 5.41) is 3.59. The second-order valence-corrected chi connectivity index (χ2v) is 5.22. The molecular weight excluding hydrogens is 234 g/mol. The molecule has 1 aromatic carbocycles. The largest absolute Gasteiger partial charge is 0.380 e. The van der Waals surface area contributed by atoms with Gasteiger partial charge in [0.05, 0.1) is 5.69 Å². The first-order valence-electron chi connectivity index (χ1n) is 6.74. The smallest absolute Gasteiger partial charge is 0.0543 e. The van der Waals surface area contributed by atoms with Gasteiger partial charge in [0.1, 0.15) is 0 Å². The standard InChI is InChI=1S/C16H19N3/c1-19(11-14-7-4-5-9-17-14)12-15-10-13-6-2-3-8-16(13)18-15/h2-9,15,18H,10-12H2,1H3. The molecule has 2 heterocycles. The van der Waals surface area contributed by atoms with Gasteiger partial charge in [-0.1, -0.05) is 24.3 Å². The minimum Gasteiger partial charge on any atom is -0.380 e. The number of fused-ring (bicyclic) bond motifs is 1. The fraction of sp³-hybridized carbons (Fsp3) is 0.312. The van der Waals surface area contributed by atoms with E-state index in [4.69, 9.17) is 0 Å². The number of hydrogen-bond acceptors (Lipinski definition) is 3. The second kappa shape index (κ2) is 5.41. The lowest BCUT2D eigenvalue weighted by Crippen LogP contribution is -2.32. The molecule has 2 aromatic rings. The Kier molecular flexibility index (Phi) is 3.47. The highest BCUT2D eigenvalue weighted by Gasteiger charge is 2.20. The lowest BCUT2D eigenvalue weighted by atomic mass is 10.1. The predicted molar refractivity (Wildman–Crippen MR) is 78.1 cm³/mol. The number of para-hydroxylation sites is 1. The maximum absolute atomic E-state index is 4.37. The molecule has 3 heteroatoms. The van der Waals surface area contributed by atoms with Crippen LogP contribution in [0.2, 0.25) is 0 Å². The normalized spacial score (nSPS) is 17.3. The molecule has 1 N–H and O–H groups in total. The lowest BCUT2D eigenvalue weighted by Gasteiger charge is -2.21. The molecule has 3 rings (SSSR count). The summed E-state index contributed by atoms with van der Waals surface area (Å²) in [6.07, 6.45) is 2.97. The van der Waals surface area contributed by atoms with Crippen LogP contribution >= 0.6 is 0 Å². The quantitative estimate of drug-likeness (QED) is 0.907. The van der Waals surface area contributed by atoms with Gasteiger partial charge in [0, 0.05) is 31.0 Å². The molecule has 0 spiro atoms. The van der Waals surface area contributed by atoms with Crippen molar-refractivity contribution in [3.8, 4) is 0 Å². The van der Waals surface area contributed by atoms with Gasteiger partial charge in [-0.25, -0.2) is 0 Å². The van der Waals surface area contributed by atoms with Gasteiger partial charge < -0.3 is 5.32 Å². The number of rotatable bonds is 4. The van der Waals surface area contributed by atoms with Crippen molar-refractivity contribution < 1.29 is 0 Å². The molecule has 0 saturated heterocycles. The molecule has 1 atom stereocenters. The average Bonchev–Trinajstić information content (AvgIpc) is 2.81. The summed E-state index contributed by atoms with van der Waals surface area (Å²) in [4.78, 5) is 6.70. The molecule has 3 nitrogen and oxygen atoms in total. The van der Waals surface area contributed by atoms with Crippen molar-refractivity contribution in [1.82, 2.24) is 9.88 Å². The van der Waals surface area contributed by atoms with Crippen LogP contribution < -0.4 is 5.32 Å². The number of likely N-dealkylation sites (N-methyl/N-ethyl adjacent to an activating group) is 1. The third-order valence-electron chi connectivity index (χ3n) is 3.53. The molecular formula is C16H19N3. The van der Waals surface area contributed by atoms with Crippen LogP contribution in [0.3, 0.4) is 0 Å². The maximum Gasteiger partial charge on any atom is 0.0543 e. The summed E-state index contributed by atoms with van der Waals surface area (Å²) in [5.74, 6) is 0. The van der Waals surface area contributed by atoms with E-state index in [0.717, 1.165) is 25.2 Å². The van der Waals surface area contributed by atoms with Crippen LogP contribution in [0.4, 0.5) is 5.69 Å². The van der Waals surface area contributed by atoms with Crippen LogP contribution in [-0.2, 0) is 13.0 Å². The molecule has 0 aliphatic carbocycles. The van der Waals surface area contributed by atoms with Crippen molar-refractivity contribution in [3.05, 3.63) is 59.9 Å². The summed E-state index contributed by atoms with van der Waals surface area (Å²) < 4.78 is 0. The van der Waals surface area contributed by atoms with E-state index in [9.17, 15) is 0 Å². The Morgan fingerprint density at radius 1 is 1.21 bits per heavy atom. The van der Waals surface area contributed by atoms with Gasteiger partial charge >= 0.3 is 0 Å². The molecule has 1 aliphatic rings. The Hall–Kier alpha value is -1.87. The van der Waals surface area contributed by atoms with Crippen molar-refractivity contribution in [2.75, 3.05) is 18.9 Å². The van der Waals surface area contributed by atoms with E-state index in [1.54, 1.807) is 0 Å². The van der Waals surface area contributed by atoms with E-state index in [0.29, 0.717) is 6.04 Å². The van der Waals surface area contributed by atoms with Gasteiger partial charge in [0.15, 0.2) is 0 Å². The molecule has 0 saturated carbocycles. The Bertz CT molecular complexity index is 514. The number of anilines is 1. The van der Waals surface area contributed by atoms with Crippen LogP contribution in [0.5, 0.6) is 0 Å². The zero-order valence-electron chi connectivity index (χ0n) is 11.2. The Balaban J connectivity index is 1.56. The van der Waals surface area contributed by atoms with Crippen molar-refractivity contribution in [2.45, 2.75) is 19.0 Å². The van der Waals surface area contributed by atoms with Crippen LogP contribution in [0.25, 0.3) is 0 Å². The van der Waals surface area contributed by atoms with Gasteiger partial charge in [-0.05, 0) is 37.2 Å². The molecule has 1 unspecified atom stereocenters. The minimum atomic E-state index is 0.506. The summed E-state index contributed by atoms with van der Waals surface area (Å²) in [7, 11) is 2.15. The SMILES string of the molecule is CN(Cc1ccccn1)CC1Cc2ccccc2N1. The van der Waals surface area contributed by atoms with Crippen molar-refractivity contribution in [2.24, 2.45) is 0 Å². The maximum atomic E-state index is 4.37. The molecule has 1 aromatic heterocycles. The zero-order valence-corrected chi connectivity index (χ0v) is 11.2. The first-order chi connectivity index (χ1) is 9.31. The minimum absolute atomic E-state index is 0.506. The fourth-order valence-corrected chi connectivity index (χ4v) is 2.69. The average molecular weight is 253 g/mol. The number of nitrogens with zero attached hydrogens (tertiary/aromatic N) is 2. The topological polar surface area (TPSA) is 28.2 Å². The number of aromatic nitrogens is 1. The predicted octanol–water partition coefficient (Wildman–Crippen LogP) is 2.55. The third kappa shape index (κ3) is 2.93. The number of nitrogens with one attached hydrogen (secondary N) is 1. The molecule has 98 valence electrons. The molecule has 19 heavy (non-hydrogen) atoms. The second-order valence-electron chi connectivity index (χ2n) is 5.22. The van der Waals surface area contributed by atoms with E-state index in [1.165, 1.54) is 11.3 Å². The first-order valence-corrected chi connectivity index (χ1v) is 6.74. The lowest BCUT2D eigenvalue weighted by molar-refractivity contribution is 0.309.